The number of hydrogen-bond donors (Lipinski definition) is 1. The van der Waals surface area contributed by atoms with Crippen molar-refractivity contribution in [1.29, 1.82) is 0 Å². The molecule has 0 saturated carbocycles. The number of aromatic nitrogens is 3. The van der Waals surface area contributed by atoms with Gasteiger partial charge in [0.05, 0.1) is 17.0 Å². The summed E-state index contributed by atoms with van der Waals surface area (Å²) in [7, 11) is 0. The molecule has 0 saturated heterocycles. The number of hydrogen-bond acceptors (Lipinski definition) is 4. The van der Waals surface area contributed by atoms with Gasteiger partial charge in [0.2, 0.25) is 5.95 Å². The highest BCUT2D eigenvalue weighted by Crippen LogP contribution is 2.26. The van der Waals surface area contributed by atoms with Crippen molar-refractivity contribution in [2.45, 2.75) is 6.92 Å². The summed E-state index contributed by atoms with van der Waals surface area (Å²) in [5.41, 5.74) is 8.37. The molecule has 2 N–H and O–H groups in total. The fourth-order valence-electron chi connectivity index (χ4n) is 2.16. The molecule has 3 aromatic rings. The summed E-state index contributed by atoms with van der Waals surface area (Å²) < 4.78 is 14.1. The van der Waals surface area contributed by atoms with Crippen LogP contribution in [0.25, 0.3) is 11.3 Å². The Morgan fingerprint density at radius 3 is 2.61 bits per heavy atom. The van der Waals surface area contributed by atoms with Crippen LogP contribution in [0.3, 0.4) is 0 Å². The molecule has 4 nitrogen and oxygen atoms in total. The van der Waals surface area contributed by atoms with Gasteiger partial charge in [0.15, 0.2) is 0 Å². The van der Waals surface area contributed by atoms with Crippen LogP contribution in [0.5, 0.6) is 0 Å². The van der Waals surface area contributed by atoms with E-state index >= 15 is 0 Å². The van der Waals surface area contributed by atoms with E-state index in [1.807, 2.05) is 6.07 Å². The maximum absolute atomic E-state index is 14.1. The van der Waals surface area contributed by atoms with E-state index in [1.165, 1.54) is 6.07 Å². The third-order valence-corrected chi connectivity index (χ3v) is 3.23. The Bertz CT molecular complexity index is 911. The van der Waals surface area contributed by atoms with Crippen molar-refractivity contribution in [2.75, 3.05) is 5.73 Å². The van der Waals surface area contributed by atoms with E-state index in [9.17, 15) is 4.39 Å². The molecule has 0 atom stereocenters. The molecule has 3 rings (SSSR count). The maximum atomic E-state index is 14.1. The first-order chi connectivity index (χ1) is 11.1. The lowest BCUT2D eigenvalue weighted by Gasteiger charge is -2.08. The summed E-state index contributed by atoms with van der Waals surface area (Å²) in [5.74, 6) is 5.72. The van der Waals surface area contributed by atoms with Crippen molar-refractivity contribution >= 4 is 5.95 Å². The lowest BCUT2D eigenvalue weighted by Crippen LogP contribution is -2.03. The smallest absolute Gasteiger partial charge is 0.220 e. The fourth-order valence-corrected chi connectivity index (χ4v) is 2.16. The predicted octanol–water partition coefficient (Wildman–Crippen LogP) is 2.97. The van der Waals surface area contributed by atoms with Gasteiger partial charge in [-0.1, -0.05) is 24.0 Å². The first-order valence-corrected chi connectivity index (χ1v) is 6.96. The van der Waals surface area contributed by atoms with Gasteiger partial charge in [-0.15, -0.1) is 0 Å². The van der Waals surface area contributed by atoms with E-state index < -0.39 is 0 Å². The van der Waals surface area contributed by atoms with Gasteiger partial charge in [0, 0.05) is 23.5 Å². The summed E-state index contributed by atoms with van der Waals surface area (Å²) in [6, 6.07) is 10.0. The summed E-state index contributed by atoms with van der Waals surface area (Å²) >= 11 is 0. The van der Waals surface area contributed by atoms with E-state index in [-0.39, 0.29) is 11.8 Å². The van der Waals surface area contributed by atoms with Crippen LogP contribution in [0.2, 0.25) is 0 Å². The van der Waals surface area contributed by atoms with Crippen LogP contribution in [0.4, 0.5) is 10.3 Å². The highest BCUT2D eigenvalue weighted by Gasteiger charge is 2.14. The second-order valence-corrected chi connectivity index (χ2v) is 4.86. The maximum Gasteiger partial charge on any atom is 0.220 e. The topological polar surface area (TPSA) is 64.7 Å². The lowest BCUT2D eigenvalue weighted by atomic mass is 10.0. The number of aryl methyl sites for hydroxylation is 1. The standard InChI is InChI=1S/C18H13FN4/c1-12-14(9-8-13-5-4-10-21-11-13)17(23-18(20)22-12)15-6-2-3-7-16(15)19/h2-7,10-11H,1H3,(H2,20,22,23). The SMILES string of the molecule is Cc1nc(N)nc(-c2ccccc2F)c1C#Cc1cccnc1. The third kappa shape index (κ3) is 3.16. The molecular weight excluding hydrogens is 291 g/mol. The van der Waals surface area contributed by atoms with E-state index in [4.69, 9.17) is 5.73 Å². The van der Waals surface area contributed by atoms with E-state index in [0.29, 0.717) is 22.5 Å². The van der Waals surface area contributed by atoms with Gasteiger partial charge in [-0.2, -0.15) is 0 Å². The van der Waals surface area contributed by atoms with Crippen molar-refractivity contribution < 1.29 is 4.39 Å². The Labute approximate surface area is 133 Å². The molecule has 0 bridgehead atoms. The molecule has 0 aliphatic heterocycles. The Morgan fingerprint density at radius 2 is 1.87 bits per heavy atom. The van der Waals surface area contributed by atoms with Crippen LogP contribution in [0.1, 0.15) is 16.8 Å². The van der Waals surface area contributed by atoms with Gasteiger partial charge >= 0.3 is 0 Å². The minimum absolute atomic E-state index is 0.0904. The third-order valence-electron chi connectivity index (χ3n) is 3.23. The van der Waals surface area contributed by atoms with Crippen molar-refractivity contribution in [2.24, 2.45) is 0 Å². The highest BCUT2D eigenvalue weighted by molar-refractivity contribution is 5.70. The molecule has 0 unspecified atom stereocenters. The fraction of sp³-hybridized carbons (Fsp3) is 0.0556. The second kappa shape index (κ2) is 6.24. The zero-order valence-electron chi connectivity index (χ0n) is 12.4. The molecule has 0 fully saturated rings. The molecule has 0 aliphatic rings. The molecule has 23 heavy (non-hydrogen) atoms. The Kier molecular flexibility index (Phi) is 3.98. The van der Waals surface area contributed by atoms with E-state index in [0.717, 1.165) is 5.56 Å². The van der Waals surface area contributed by atoms with Crippen LogP contribution in [0.15, 0.2) is 48.8 Å². The average Bonchev–Trinajstić information content (AvgIpc) is 2.55. The molecule has 2 heterocycles. The molecule has 0 radical (unpaired) electrons. The van der Waals surface area contributed by atoms with Gasteiger partial charge in [-0.3, -0.25) is 4.98 Å². The van der Waals surface area contributed by atoms with Gasteiger partial charge in [0.25, 0.3) is 0 Å². The predicted molar refractivity (Wildman–Crippen MR) is 86.8 cm³/mol. The summed E-state index contributed by atoms with van der Waals surface area (Å²) in [5, 5.41) is 0. The van der Waals surface area contributed by atoms with Gasteiger partial charge in [-0.05, 0) is 31.2 Å². The summed E-state index contributed by atoms with van der Waals surface area (Å²) in [6.07, 6.45) is 3.33. The first kappa shape index (κ1) is 14.7. The number of benzene rings is 1. The molecular formula is C18H13FN4. The zero-order chi connectivity index (χ0) is 16.2. The number of nitrogens with zero attached hydrogens (tertiary/aromatic N) is 3. The number of nitrogens with two attached hydrogens (primary N) is 1. The van der Waals surface area contributed by atoms with Crippen LogP contribution in [-0.2, 0) is 0 Å². The van der Waals surface area contributed by atoms with Crippen molar-refractivity contribution in [1.82, 2.24) is 15.0 Å². The number of halogens is 1. The van der Waals surface area contributed by atoms with Crippen molar-refractivity contribution in [3.63, 3.8) is 0 Å². The van der Waals surface area contributed by atoms with Gasteiger partial charge in [-0.25, -0.2) is 14.4 Å². The van der Waals surface area contributed by atoms with Crippen molar-refractivity contribution in [3.8, 4) is 23.1 Å². The quantitative estimate of drug-likeness (QED) is 0.702. The number of anilines is 1. The van der Waals surface area contributed by atoms with Gasteiger partial charge < -0.3 is 5.73 Å². The minimum atomic E-state index is -0.380. The number of nitrogen functional groups attached to an aromatic ring is 1. The molecule has 2 aromatic heterocycles. The first-order valence-electron chi connectivity index (χ1n) is 6.96. The van der Waals surface area contributed by atoms with Gasteiger partial charge in [0.1, 0.15) is 5.82 Å². The largest absolute Gasteiger partial charge is 0.368 e. The normalized spacial score (nSPS) is 10.0. The highest BCUT2D eigenvalue weighted by atomic mass is 19.1. The van der Waals surface area contributed by atoms with Crippen LogP contribution >= 0.6 is 0 Å². The molecule has 1 aromatic carbocycles. The Morgan fingerprint density at radius 1 is 1.04 bits per heavy atom. The Hall–Kier alpha value is -3.26. The summed E-state index contributed by atoms with van der Waals surface area (Å²) in [4.78, 5) is 12.3. The monoisotopic (exact) mass is 304 g/mol. The second-order valence-electron chi connectivity index (χ2n) is 4.86. The number of pyridine rings is 1. The molecule has 0 spiro atoms. The molecule has 0 amide bonds. The van der Waals surface area contributed by atoms with E-state index in [1.54, 1.807) is 43.6 Å². The molecule has 112 valence electrons. The van der Waals surface area contributed by atoms with Crippen LogP contribution in [0, 0.1) is 24.6 Å². The molecule has 0 aliphatic carbocycles. The average molecular weight is 304 g/mol. The summed E-state index contributed by atoms with van der Waals surface area (Å²) in [6.45, 7) is 1.77. The van der Waals surface area contributed by atoms with E-state index in [2.05, 4.69) is 26.8 Å². The molecule has 5 heteroatoms. The van der Waals surface area contributed by atoms with Crippen LogP contribution < -0.4 is 5.73 Å². The minimum Gasteiger partial charge on any atom is -0.368 e. The van der Waals surface area contributed by atoms with Crippen LogP contribution in [-0.4, -0.2) is 15.0 Å². The Balaban J connectivity index is 2.18. The zero-order valence-corrected chi connectivity index (χ0v) is 12.4. The lowest BCUT2D eigenvalue weighted by molar-refractivity contribution is 0.630. The number of rotatable bonds is 1. The van der Waals surface area contributed by atoms with Crippen molar-refractivity contribution in [3.05, 3.63) is 71.4 Å².